The third-order valence-corrected chi connectivity index (χ3v) is 4.05. The summed E-state index contributed by atoms with van der Waals surface area (Å²) in [6.07, 6.45) is 3.45. The van der Waals surface area contributed by atoms with Crippen LogP contribution in [-0.2, 0) is 0 Å². The molecule has 3 rings (SSSR count). The van der Waals surface area contributed by atoms with Gasteiger partial charge in [-0.25, -0.2) is 4.39 Å². The molecule has 0 bridgehead atoms. The number of pyridine rings is 1. The van der Waals surface area contributed by atoms with E-state index in [0.29, 0.717) is 25.2 Å². The average Bonchev–Trinajstić information content (AvgIpc) is 2.55. The van der Waals surface area contributed by atoms with Crippen LogP contribution in [0.1, 0.15) is 22.0 Å². The molecule has 1 fully saturated rings. The van der Waals surface area contributed by atoms with Crippen molar-refractivity contribution in [3.8, 4) is 0 Å². The van der Waals surface area contributed by atoms with Gasteiger partial charge in [-0.1, -0.05) is 17.7 Å². The van der Waals surface area contributed by atoms with Gasteiger partial charge in [-0.2, -0.15) is 0 Å². The number of amides is 1. The number of piperazine rings is 1. The van der Waals surface area contributed by atoms with E-state index >= 15 is 0 Å². The Labute approximate surface area is 132 Å². The Morgan fingerprint density at radius 2 is 2.27 bits per heavy atom. The van der Waals surface area contributed by atoms with E-state index in [1.165, 1.54) is 12.1 Å². The summed E-state index contributed by atoms with van der Waals surface area (Å²) in [6.45, 7) is 1.92. The summed E-state index contributed by atoms with van der Waals surface area (Å²) in [6, 6.07) is 7.52. The molecular formula is C16H15ClFN3O. The van der Waals surface area contributed by atoms with E-state index in [9.17, 15) is 9.18 Å². The maximum absolute atomic E-state index is 13.2. The molecule has 2 aromatic rings. The van der Waals surface area contributed by atoms with Crippen LogP contribution in [0, 0.1) is 5.82 Å². The molecule has 1 saturated heterocycles. The fraction of sp³-hybridized carbons (Fsp3) is 0.250. The molecular weight excluding hydrogens is 305 g/mol. The summed E-state index contributed by atoms with van der Waals surface area (Å²) in [5.41, 5.74) is 1.28. The molecule has 1 aliphatic rings. The highest BCUT2D eigenvalue weighted by atomic mass is 35.5. The van der Waals surface area contributed by atoms with Gasteiger partial charge in [0.2, 0.25) is 0 Å². The van der Waals surface area contributed by atoms with E-state index in [1.807, 2.05) is 12.1 Å². The number of carbonyl (C=O) groups is 1. The number of carbonyl (C=O) groups excluding carboxylic acids is 1. The number of aromatic nitrogens is 1. The van der Waals surface area contributed by atoms with Crippen LogP contribution in [0.25, 0.3) is 0 Å². The Kier molecular flexibility index (Phi) is 4.36. The maximum Gasteiger partial charge on any atom is 0.255 e. The molecule has 1 aliphatic heterocycles. The fourth-order valence-electron chi connectivity index (χ4n) is 2.64. The molecule has 22 heavy (non-hydrogen) atoms. The lowest BCUT2D eigenvalue weighted by Gasteiger charge is -2.36. The second-order valence-corrected chi connectivity index (χ2v) is 5.54. The quantitative estimate of drug-likeness (QED) is 0.925. The molecule has 1 amide bonds. The minimum Gasteiger partial charge on any atom is -0.329 e. The Bertz CT molecular complexity index is 680. The third kappa shape index (κ3) is 2.96. The molecule has 4 nitrogen and oxygen atoms in total. The van der Waals surface area contributed by atoms with Crippen LogP contribution in [0.3, 0.4) is 0 Å². The van der Waals surface area contributed by atoms with Gasteiger partial charge in [0.1, 0.15) is 5.82 Å². The van der Waals surface area contributed by atoms with Crippen molar-refractivity contribution in [1.29, 1.82) is 0 Å². The summed E-state index contributed by atoms with van der Waals surface area (Å²) >= 11 is 6.02. The van der Waals surface area contributed by atoms with Crippen LogP contribution in [0.15, 0.2) is 42.7 Å². The maximum atomic E-state index is 13.2. The summed E-state index contributed by atoms with van der Waals surface area (Å²) in [5.74, 6) is -0.647. The van der Waals surface area contributed by atoms with Gasteiger partial charge in [0.25, 0.3) is 5.91 Å². The Morgan fingerprint density at radius 3 is 3.00 bits per heavy atom. The highest BCUT2D eigenvalue weighted by Gasteiger charge is 2.29. The van der Waals surface area contributed by atoms with Crippen molar-refractivity contribution in [2.75, 3.05) is 19.6 Å². The number of hydrogen-bond acceptors (Lipinski definition) is 3. The standard InChI is InChI=1S/C16H15ClFN3O/c17-14-8-12(18)3-4-13(14)16(22)21-7-6-20-10-15(21)11-2-1-5-19-9-11/h1-5,8-9,15,20H,6-7,10H2. The first-order valence-corrected chi connectivity index (χ1v) is 7.41. The average molecular weight is 320 g/mol. The van der Waals surface area contributed by atoms with E-state index in [4.69, 9.17) is 11.6 Å². The zero-order valence-electron chi connectivity index (χ0n) is 11.8. The van der Waals surface area contributed by atoms with Crippen LogP contribution in [0.5, 0.6) is 0 Å². The number of benzene rings is 1. The number of hydrogen-bond donors (Lipinski definition) is 1. The lowest BCUT2D eigenvalue weighted by molar-refractivity contribution is 0.0634. The monoisotopic (exact) mass is 319 g/mol. The first-order valence-electron chi connectivity index (χ1n) is 7.03. The number of rotatable bonds is 2. The molecule has 0 spiro atoms. The molecule has 1 N–H and O–H groups in total. The van der Waals surface area contributed by atoms with Gasteiger partial charge in [-0.15, -0.1) is 0 Å². The molecule has 0 radical (unpaired) electrons. The predicted octanol–water partition coefficient (Wildman–Crippen LogP) is 2.66. The Morgan fingerprint density at radius 1 is 1.41 bits per heavy atom. The van der Waals surface area contributed by atoms with Crippen molar-refractivity contribution in [2.24, 2.45) is 0 Å². The zero-order chi connectivity index (χ0) is 15.5. The SMILES string of the molecule is O=C(c1ccc(F)cc1Cl)N1CCNCC1c1cccnc1. The molecule has 1 atom stereocenters. The Hall–Kier alpha value is -1.98. The largest absolute Gasteiger partial charge is 0.329 e. The Balaban J connectivity index is 1.92. The molecule has 1 aromatic heterocycles. The molecule has 0 saturated carbocycles. The van der Waals surface area contributed by atoms with E-state index in [-0.39, 0.29) is 17.0 Å². The third-order valence-electron chi connectivity index (χ3n) is 3.73. The van der Waals surface area contributed by atoms with Crippen molar-refractivity contribution in [2.45, 2.75) is 6.04 Å². The van der Waals surface area contributed by atoms with Crippen molar-refractivity contribution in [3.05, 3.63) is 64.7 Å². The smallest absolute Gasteiger partial charge is 0.255 e. The van der Waals surface area contributed by atoms with Crippen molar-refractivity contribution in [3.63, 3.8) is 0 Å². The van der Waals surface area contributed by atoms with Crippen LogP contribution in [0.4, 0.5) is 4.39 Å². The molecule has 1 aromatic carbocycles. The van der Waals surface area contributed by atoms with Gasteiger partial charge in [0, 0.05) is 32.0 Å². The van der Waals surface area contributed by atoms with Crippen molar-refractivity contribution < 1.29 is 9.18 Å². The number of halogens is 2. The molecule has 6 heteroatoms. The normalized spacial score (nSPS) is 18.3. The summed E-state index contributed by atoms with van der Waals surface area (Å²) < 4.78 is 13.2. The first kappa shape index (κ1) is 14.9. The van der Waals surface area contributed by atoms with Gasteiger partial charge >= 0.3 is 0 Å². The molecule has 2 heterocycles. The van der Waals surface area contributed by atoms with E-state index in [2.05, 4.69) is 10.3 Å². The second kappa shape index (κ2) is 6.42. The van der Waals surface area contributed by atoms with Crippen LogP contribution in [-0.4, -0.2) is 35.4 Å². The summed E-state index contributed by atoms with van der Waals surface area (Å²) in [7, 11) is 0. The number of nitrogens with one attached hydrogen (secondary N) is 1. The number of nitrogens with zero attached hydrogens (tertiary/aromatic N) is 2. The fourth-order valence-corrected chi connectivity index (χ4v) is 2.88. The van der Waals surface area contributed by atoms with Gasteiger partial charge in [0.15, 0.2) is 0 Å². The minimum atomic E-state index is -0.453. The van der Waals surface area contributed by atoms with Crippen LogP contribution in [0.2, 0.25) is 5.02 Å². The summed E-state index contributed by atoms with van der Waals surface area (Å²) in [4.78, 5) is 18.7. The van der Waals surface area contributed by atoms with Gasteiger partial charge < -0.3 is 10.2 Å². The lowest BCUT2D eigenvalue weighted by Crippen LogP contribution is -2.48. The zero-order valence-corrected chi connectivity index (χ0v) is 12.6. The van der Waals surface area contributed by atoms with Crippen molar-refractivity contribution in [1.82, 2.24) is 15.2 Å². The lowest BCUT2D eigenvalue weighted by atomic mass is 10.0. The topological polar surface area (TPSA) is 45.2 Å². The second-order valence-electron chi connectivity index (χ2n) is 5.13. The van der Waals surface area contributed by atoms with Crippen LogP contribution < -0.4 is 5.32 Å². The summed E-state index contributed by atoms with van der Waals surface area (Å²) in [5, 5.41) is 3.41. The van der Waals surface area contributed by atoms with E-state index in [0.717, 1.165) is 11.6 Å². The molecule has 1 unspecified atom stereocenters. The van der Waals surface area contributed by atoms with Crippen LogP contribution >= 0.6 is 11.6 Å². The predicted molar refractivity (Wildman–Crippen MR) is 82.3 cm³/mol. The first-order chi connectivity index (χ1) is 10.7. The van der Waals surface area contributed by atoms with Gasteiger partial charge in [0.05, 0.1) is 16.6 Å². The van der Waals surface area contributed by atoms with E-state index in [1.54, 1.807) is 17.3 Å². The highest BCUT2D eigenvalue weighted by Crippen LogP contribution is 2.26. The van der Waals surface area contributed by atoms with Gasteiger partial charge in [-0.3, -0.25) is 9.78 Å². The molecule has 0 aliphatic carbocycles. The minimum absolute atomic E-state index is 0.115. The van der Waals surface area contributed by atoms with Crippen molar-refractivity contribution >= 4 is 17.5 Å². The van der Waals surface area contributed by atoms with Gasteiger partial charge in [-0.05, 0) is 29.8 Å². The highest BCUT2D eigenvalue weighted by molar-refractivity contribution is 6.33. The molecule has 114 valence electrons. The van der Waals surface area contributed by atoms with E-state index < -0.39 is 5.82 Å².